The van der Waals surface area contributed by atoms with Crippen LogP contribution < -0.4 is 5.73 Å². The molecule has 1 nitrogen and oxygen atoms in total. The summed E-state index contributed by atoms with van der Waals surface area (Å²) < 4.78 is 51.2. The number of rotatable bonds is 2. The lowest BCUT2D eigenvalue weighted by atomic mass is 10.0. The lowest BCUT2D eigenvalue weighted by Gasteiger charge is -2.14. The minimum absolute atomic E-state index is 0. The zero-order chi connectivity index (χ0) is 13.3. The topological polar surface area (TPSA) is 26.0 Å². The van der Waals surface area contributed by atoms with Gasteiger partial charge < -0.3 is 5.73 Å². The number of thiophene rings is 1. The third-order valence-electron chi connectivity index (χ3n) is 2.51. The summed E-state index contributed by atoms with van der Waals surface area (Å²) >= 11 is 1.27. The lowest BCUT2D eigenvalue weighted by molar-refractivity contribution is -0.137. The molecule has 0 aliphatic carbocycles. The largest absolute Gasteiger partial charge is 0.416 e. The second-order valence-electron chi connectivity index (χ2n) is 3.73. The molecule has 2 aromatic rings. The van der Waals surface area contributed by atoms with E-state index in [4.69, 9.17) is 5.73 Å². The van der Waals surface area contributed by atoms with Crippen LogP contribution in [0.4, 0.5) is 17.6 Å². The maximum Gasteiger partial charge on any atom is 0.416 e. The van der Waals surface area contributed by atoms with Crippen LogP contribution in [-0.2, 0) is 6.18 Å². The van der Waals surface area contributed by atoms with Gasteiger partial charge in [0.2, 0.25) is 0 Å². The molecule has 1 atom stereocenters. The maximum absolute atomic E-state index is 13.6. The smallest absolute Gasteiger partial charge is 0.320 e. The van der Waals surface area contributed by atoms with Gasteiger partial charge in [0.25, 0.3) is 0 Å². The summed E-state index contributed by atoms with van der Waals surface area (Å²) in [5.41, 5.74) is 4.73. The zero-order valence-corrected chi connectivity index (χ0v) is 11.1. The Labute approximate surface area is 117 Å². The first-order valence-corrected chi connectivity index (χ1v) is 5.93. The maximum atomic E-state index is 13.6. The summed E-state index contributed by atoms with van der Waals surface area (Å²) in [4.78, 5) is 0.619. The van der Waals surface area contributed by atoms with Crippen molar-refractivity contribution >= 4 is 23.7 Å². The standard InChI is InChI=1S/C12H9F4NS.ClH/c13-9-4-3-7(12(14,15)16)6-8(9)11(17)10-2-1-5-18-10;/h1-6,11H,17H2;1H/t11-;/m1./s1. The van der Waals surface area contributed by atoms with Crippen LogP contribution in [-0.4, -0.2) is 0 Å². The molecule has 2 N–H and O–H groups in total. The van der Waals surface area contributed by atoms with Crippen LogP contribution in [0.1, 0.15) is 22.0 Å². The van der Waals surface area contributed by atoms with E-state index in [0.717, 1.165) is 12.1 Å². The van der Waals surface area contributed by atoms with Gasteiger partial charge in [-0.05, 0) is 29.6 Å². The molecule has 0 bridgehead atoms. The number of halogens is 5. The SMILES string of the molecule is Cl.N[C@@H](c1cccs1)c1cc(C(F)(F)F)ccc1F. The van der Waals surface area contributed by atoms with E-state index in [1.54, 1.807) is 17.5 Å². The van der Waals surface area contributed by atoms with Crippen molar-refractivity contribution in [1.82, 2.24) is 0 Å². The van der Waals surface area contributed by atoms with Crippen molar-refractivity contribution in [2.45, 2.75) is 12.2 Å². The van der Waals surface area contributed by atoms with Crippen molar-refractivity contribution in [2.75, 3.05) is 0 Å². The Morgan fingerprint density at radius 2 is 1.84 bits per heavy atom. The first-order chi connectivity index (χ1) is 8.39. The van der Waals surface area contributed by atoms with Gasteiger partial charge in [-0.15, -0.1) is 23.7 Å². The van der Waals surface area contributed by atoms with Crippen LogP contribution in [0.2, 0.25) is 0 Å². The summed E-state index contributed by atoms with van der Waals surface area (Å²) in [5.74, 6) is -0.732. The average Bonchev–Trinajstić information content (AvgIpc) is 2.80. The van der Waals surface area contributed by atoms with Gasteiger partial charge in [-0.2, -0.15) is 13.2 Å². The van der Waals surface area contributed by atoms with Gasteiger partial charge in [-0.25, -0.2) is 4.39 Å². The molecule has 0 unspecified atom stereocenters. The van der Waals surface area contributed by atoms with E-state index >= 15 is 0 Å². The summed E-state index contributed by atoms with van der Waals surface area (Å²) in [6, 6.07) is 4.76. The number of hydrogen-bond donors (Lipinski definition) is 1. The van der Waals surface area contributed by atoms with Crippen molar-refractivity contribution in [3.63, 3.8) is 0 Å². The van der Waals surface area contributed by atoms with E-state index in [1.165, 1.54) is 11.3 Å². The van der Waals surface area contributed by atoms with Crippen LogP contribution >= 0.6 is 23.7 Å². The van der Waals surface area contributed by atoms with E-state index in [2.05, 4.69) is 0 Å². The predicted molar refractivity (Wildman–Crippen MR) is 69.0 cm³/mol. The van der Waals surface area contributed by atoms with E-state index in [9.17, 15) is 17.6 Å². The molecule has 0 saturated carbocycles. The molecular formula is C12H10ClF4NS. The Bertz CT molecular complexity index is 539. The highest BCUT2D eigenvalue weighted by atomic mass is 35.5. The highest BCUT2D eigenvalue weighted by Crippen LogP contribution is 2.33. The molecule has 7 heteroatoms. The van der Waals surface area contributed by atoms with Crippen LogP contribution in [0.5, 0.6) is 0 Å². The number of alkyl halides is 3. The van der Waals surface area contributed by atoms with Crippen molar-refractivity contribution in [1.29, 1.82) is 0 Å². The molecule has 2 rings (SSSR count). The molecule has 0 aliphatic rings. The van der Waals surface area contributed by atoms with Crippen LogP contribution in [0.15, 0.2) is 35.7 Å². The molecule has 1 aromatic carbocycles. The predicted octanol–water partition coefficient (Wildman–Crippen LogP) is 4.38. The van der Waals surface area contributed by atoms with E-state index < -0.39 is 23.6 Å². The molecule has 0 saturated heterocycles. The molecule has 0 fully saturated rings. The van der Waals surface area contributed by atoms with Gasteiger partial charge in [-0.1, -0.05) is 6.07 Å². The van der Waals surface area contributed by atoms with Crippen molar-refractivity contribution < 1.29 is 17.6 Å². The first-order valence-electron chi connectivity index (χ1n) is 5.05. The van der Waals surface area contributed by atoms with E-state index in [1.807, 2.05) is 0 Å². The Morgan fingerprint density at radius 3 is 2.37 bits per heavy atom. The first kappa shape index (κ1) is 15.9. The van der Waals surface area contributed by atoms with Crippen LogP contribution in [0.25, 0.3) is 0 Å². The number of hydrogen-bond acceptors (Lipinski definition) is 2. The molecule has 0 spiro atoms. The normalized spacial score (nSPS) is 12.9. The Kier molecular flexibility index (Phi) is 4.95. The number of benzene rings is 1. The molecule has 104 valence electrons. The minimum Gasteiger partial charge on any atom is -0.320 e. The van der Waals surface area contributed by atoms with Crippen LogP contribution in [0, 0.1) is 5.82 Å². The van der Waals surface area contributed by atoms with Gasteiger partial charge in [0.05, 0.1) is 11.6 Å². The Balaban J connectivity index is 0.00000180. The fourth-order valence-electron chi connectivity index (χ4n) is 1.58. The monoisotopic (exact) mass is 311 g/mol. The Morgan fingerprint density at radius 1 is 1.16 bits per heavy atom. The van der Waals surface area contributed by atoms with Crippen molar-refractivity contribution in [3.8, 4) is 0 Å². The summed E-state index contributed by atoms with van der Waals surface area (Å²) in [5, 5.41) is 1.74. The van der Waals surface area contributed by atoms with Gasteiger partial charge in [0.1, 0.15) is 5.82 Å². The van der Waals surface area contributed by atoms with Gasteiger partial charge in [-0.3, -0.25) is 0 Å². The molecule has 0 aliphatic heterocycles. The van der Waals surface area contributed by atoms with E-state index in [-0.39, 0.29) is 18.0 Å². The molecular weight excluding hydrogens is 302 g/mol. The highest BCUT2D eigenvalue weighted by Gasteiger charge is 2.31. The second kappa shape index (κ2) is 5.90. The van der Waals surface area contributed by atoms with Crippen molar-refractivity contribution in [2.24, 2.45) is 5.73 Å². The van der Waals surface area contributed by atoms with E-state index in [0.29, 0.717) is 10.9 Å². The molecule has 0 radical (unpaired) electrons. The van der Waals surface area contributed by atoms with Gasteiger partial charge in [0, 0.05) is 10.4 Å². The highest BCUT2D eigenvalue weighted by molar-refractivity contribution is 7.10. The van der Waals surface area contributed by atoms with Crippen LogP contribution in [0.3, 0.4) is 0 Å². The van der Waals surface area contributed by atoms with Crippen molar-refractivity contribution in [3.05, 3.63) is 57.5 Å². The molecule has 19 heavy (non-hydrogen) atoms. The Hall–Kier alpha value is -1.11. The average molecular weight is 312 g/mol. The molecule has 1 heterocycles. The van der Waals surface area contributed by atoms with Gasteiger partial charge in [0.15, 0.2) is 0 Å². The quantitative estimate of drug-likeness (QED) is 0.819. The fraction of sp³-hybridized carbons (Fsp3) is 0.167. The third kappa shape index (κ3) is 3.46. The summed E-state index contributed by atoms with van der Waals surface area (Å²) in [6.45, 7) is 0. The number of nitrogens with two attached hydrogens (primary N) is 1. The van der Waals surface area contributed by atoms with Gasteiger partial charge >= 0.3 is 6.18 Å². The fourth-order valence-corrected chi connectivity index (χ4v) is 2.32. The lowest BCUT2D eigenvalue weighted by Crippen LogP contribution is -2.14. The molecule has 0 amide bonds. The third-order valence-corrected chi connectivity index (χ3v) is 3.46. The molecule has 1 aromatic heterocycles. The summed E-state index contributed by atoms with van der Waals surface area (Å²) in [7, 11) is 0. The second-order valence-corrected chi connectivity index (χ2v) is 4.71. The zero-order valence-electron chi connectivity index (χ0n) is 9.45. The minimum atomic E-state index is -4.50. The summed E-state index contributed by atoms with van der Waals surface area (Å²) in [6.07, 6.45) is -4.50.